The lowest BCUT2D eigenvalue weighted by Crippen LogP contribution is -2.17. The number of amides is 1. The monoisotopic (exact) mass is 258 g/mol. The van der Waals surface area contributed by atoms with Gasteiger partial charge in [-0.15, -0.1) is 11.8 Å². The van der Waals surface area contributed by atoms with E-state index in [1.807, 2.05) is 6.92 Å². The Morgan fingerprint density at radius 3 is 3.00 bits per heavy atom. The fourth-order valence-corrected chi connectivity index (χ4v) is 1.71. The van der Waals surface area contributed by atoms with Gasteiger partial charge in [0.15, 0.2) is 0 Å². The number of aliphatic hydroxyl groups is 1. The third-order valence-corrected chi connectivity index (χ3v) is 3.19. The van der Waals surface area contributed by atoms with Crippen LogP contribution in [0.4, 0.5) is 15.8 Å². The maximum atomic E-state index is 12.9. The summed E-state index contributed by atoms with van der Waals surface area (Å²) in [6.07, 6.45) is 0. The molecule has 0 aliphatic rings. The first-order valence-electron chi connectivity index (χ1n) is 5.10. The first kappa shape index (κ1) is 13.8. The van der Waals surface area contributed by atoms with E-state index in [4.69, 9.17) is 10.8 Å². The van der Waals surface area contributed by atoms with Crippen LogP contribution < -0.4 is 11.1 Å². The van der Waals surface area contributed by atoms with Gasteiger partial charge in [0.1, 0.15) is 5.82 Å². The molecule has 17 heavy (non-hydrogen) atoms. The Labute approximate surface area is 103 Å². The molecule has 0 saturated carbocycles. The van der Waals surface area contributed by atoms with Crippen molar-refractivity contribution in [2.24, 2.45) is 0 Å². The van der Waals surface area contributed by atoms with Gasteiger partial charge >= 0.3 is 0 Å². The Bertz CT molecular complexity index is 401. The van der Waals surface area contributed by atoms with Crippen LogP contribution in [0.15, 0.2) is 18.2 Å². The van der Waals surface area contributed by atoms with Crippen molar-refractivity contribution in [1.29, 1.82) is 0 Å². The van der Waals surface area contributed by atoms with Gasteiger partial charge in [0.05, 0.1) is 23.7 Å². The first-order valence-corrected chi connectivity index (χ1v) is 6.15. The zero-order chi connectivity index (χ0) is 12.8. The quantitative estimate of drug-likeness (QED) is 0.699. The largest absolute Gasteiger partial charge is 0.397 e. The molecule has 0 radical (unpaired) electrons. The molecule has 1 aromatic carbocycles. The second-order valence-corrected chi connectivity index (χ2v) is 5.01. The molecule has 4 N–H and O–H groups in total. The molecule has 0 bridgehead atoms. The smallest absolute Gasteiger partial charge is 0.234 e. The highest BCUT2D eigenvalue weighted by atomic mass is 32.2. The van der Waals surface area contributed by atoms with Crippen LogP contribution in [0.25, 0.3) is 0 Å². The third kappa shape index (κ3) is 4.62. The van der Waals surface area contributed by atoms with Gasteiger partial charge in [-0.05, 0) is 18.2 Å². The lowest BCUT2D eigenvalue weighted by atomic mass is 10.2. The number of hydrogen-bond donors (Lipinski definition) is 3. The van der Waals surface area contributed by atoms with Gasteiger partial charge in [-0.1, -0.05) is 6.92 Å². The van der Waals surface area contributed by atoms with Crippen molar-refractivity contribution in [2.75, 3.05) is 23.4 Å². The topological polar surface area (TPSA) is 75.3 Å². The average molecular weight is 258 g/mol. The molecular formula is C11H15FN2O2S. The number of nitrogens with one attached hydrogen (secondary N) is 1. The Morgan fingerprint density at radius 2 is 2.35 bits per heavy atom. The van der Waals surface area contributed by atoms with E-state index in [0.29, 0.717) is 5.69 Å². The Hall–Kier alpha value is -1.27. The predicted octanol–water partition coefficient (Wildman–Crippen LogP) is 1.46. The highest BCUT2D eigenvalue weighted by molar-refractivity contribution is 8.00. The summed E-state index contributed by atoms with van der Waals surface area (Å²) >= 11 is 1.32. The van der Waals surface area contributed by atoms with E-state index in [2.05, 4.69) is 5.32 Å². The molecule has 0 heterocycles. The van der Waals surface area contributed by atoms with Crippen molar-refractivity contribution >= 4 is 29.0 Å². The zero-order valence-electron chi connectivity index (χ0n) is 9.44. The molecule has 1 atom stereocenters. The molecule has 1 aromatic rings. The summed E-state index contributed by atoms with van der Waals surface area (Å²) in [7, 11) is 0. The summed E-state index contributed by atoms with van der Waals surface area (Å²) in [6, 6.07) is 3.80. The van der Waals surface area contributed by atoms with Crippen molar-refractivity contribution in [3.63, 3.8) is 0 Å². The van der Waals surface area contributed by atoms with Crippen molar-refractivity contribution < 1.29 is 14.3 Å². The summed E-state index contributed by atoms with van der Waals surface area (Å²) in [5.74, 6) is -0.531. The standard InChI is InChI=1S/C11H15FN2O2S/c1-7(5-15)17-6-11(16)14-10-4-8(12)2-3-9(10)13/h2-4,7,15H,5-6,13H2,1H3,(H,14,16). The van der Waals surface area contributed by atoms with E-state index in [-0.39, 0.29) is 29.2 Å². The molecule has 94 valence electrons. The molecule has 0 aliphatic heterocycles. The molecule has 0 fully saturated rings. The summed E-state index contributed by atoms with van der Waals surface area (Å²) in [6.45, 7) is 1.83. The first-order chi connectivity index (χ1) is 8.02. The number of anilines is 2. The van der Waals surface area contributed by atoms with E-state index in [0.717, 1.165) is 0 Å². The van der Waals surface area contributed by atoms with E-state index < -0.39 is 5.82 Å². The number of hydrogen-bond acceptors (Lipinski definition) is 4. The maximum Gasteiger partial charge on any atom is 0.234 e. The van der Waals surface area contributed by atoms with Gasteiger partial charge in [0.2, 0.25) is 5.91 Å². The highest BCUT2D eigenvalue weighted by Gasteiger charge is 2.08. The molecule has 1 rings (SSSR count). The molecule has 4 nitrogen and oxygen atoms in total. The second-order valence-electron chi connectivity index (χ2n) is 3.58. The molecule has 0 spiro atoms. The number of halogens is 1. The number of carbonyl (C=O) groups excluding carboxylic acids is 1. The maximum absolute atomic E-state index is 12.9. The number of rotatable bonds is 5. The highest BCUT2D eigenvalue weighted by Crippen LogP contribution is 2.19. The number of carbonyl (C=O) groups is 1. The Morgan fingerprint density at radius 1 is 1.65 bits per heavy atom. The van der Waals surface area contributed by atoms with Gasteiger partial charge in [-0.25, -0.2) is 4.39 Å². The van der Waals surface area contributed by atoms with Gasteiger partial charge in [-0.3, -0.25) is 4.79 Å². The predicted molar refractivity (Wildman–Crippen MR) is 68.4 cm³/mol. The van der Waals surface area contributed by atoms with Gasteiger partial charge in [0, 0.05) is 5.25 Å². The van der Waals surface area contributed by atoms with Crippen molar-refractivity contribution in [3.05, 3.63) is 24.0 Å². The van der Waals surface area contributed by atoms with E-state index in [1.165, 1.54) is 30.0 Å². The normalized spacial score (nSPS) is 12.2. The molecular weight excluding hydrogens is 243 g/mol. The average Bonchev–Trinajstić information content (AvgIpc) is 2.30. The van der Waals surface area contributed by atoms with Gasteiger partial charge in [-0.2, -0.15) is 0 Å². The van der Waals surface area contributed by atoms with Crippen LogP contribution in [0, 0.1) is 5.82 Å². The van der Waals surface area contributed by atoms with E-state index in [1.54, 1.807) is 0 Å². The summed E-state index contributed by atoms with van der Waals surface area (Å²) in [5, 5.41) is 11.3. The molecule has 6 heteroatoms. The molecule has 1 amide bonds. The number of nitrogen functional groups attached to an aromatic ring is 1. The van der Waals surface area contributed by atoms with Crippen molar-refractivity contribution in [3.8, 4) is 0 Å². The van der Waals surface area contributed by atoms with Gasteiger partial charge < -0.3 is 16.2 Å². The lowest BCUT2D eigenvalue weighted by Gasteiger charge is -2.10. The molecule has 0 saturated heterocycles. The minimum atomic E-state index is -0.453. The fourth-order valence-electron chi connectivity index (χ4n) is 1.09. The number of benzene rings is 1. The minimum absolute atomic E-state index is 0.00870. The third-order valence-electron chi connectivity index (χ3n) is 2.05. The van der Waals surface area contributed by atoms with E-state index >= 15 is 0 Å². The Kier molecular flexibility index (Phi) is 5.24. The van der Waals surface area contributed by atoms with Crippen LogP contribution in [0.3, 0.4) is 0 Å². The van der Waals surface area contributed by atoms with Gasteiger partial charge in [0.25, 0.3) is 0 Å². The summed E-state index contributed by atoms with van der Waals surface area (Å²) < 4.78 is 12.9. The second kappa shape index (κ2) is 6.46. The summed E-state index contributed by atoms with van der Waals surface area (Å²) in [5.41, 5.74) is 6.18. The van der Waals surface area contributed by atoms with Crippen LogP contribution >= 0.6 is 11.8 Å². The SMILES string of the molecule is CC(CO)SCC(=O)Nc1cc(F)ccc1N. The van der Waals surface area contributed by atoms with E-state index in [9.17, 15) is 9.18 Å². The van der Waals surface area contributed by atoms with Crippen molar-refractivity contribution in [2.45, 2.75) is 12.2 Å². The Balaban J connectivity index is 2.53. The van der Waals surface area contributed by atoms with Crippen LogP contribution in [0.5, 0.6) is 0 Å². The minimum Gasteiger partial charge on any atom is -0.397 e. The molecule has 0 aliphatic carbocycles. The number of aliphatic hydroxyl groups excluding tert-OH is 1. The zero-order valence-corrected chi connectivity index (χ0v) is 10.3. The fraction of sp³-hybridized carbons (Fsp3) is 0.364. The van der Waals surface area contributed by atoms with Crippen LogP contribution in [0.1, 0.15) is 6.92 Å². The lowest BCUT2D eigenvalue weighted by molar-refractivity contribution is -0.113. The number of nitrogens with two attached hydrogens (primary N) is 1. The summed E-state index contributed by atoms with van der Waals surface area (Å²) in [4.78, 5) is 11.5. The van der Waals surface area contributed by atoms with Crippen LogP contribution in [-0.2, 0) is 4.79 Å². The molecule has 1 unspecified atom stereocenters. The van der Waals surface area contributed by atoms with Crippen LogP contribution in [-0.4, -0.2) is 28.6 Å². The van der Waals surface area contributed by atoms with Crippen molar-refractivity contribution in [1.82, 2.24) is 0 Å². The molecule has 0 aromatic heterocycles. The number of thioether (sulfide) groups is 1. The van der Waals surface area contributed by atoms with Crippen LogP contribution in [0.2, 0.25) is 0 Å².